The number of nitrogens with zero attached hydrogens (tertiary/aromatic N) is 2. The number of likely N-dealkylation sites (N-methyl/N-ethyl adjacent to an activating group) is 1. The number of aromatic nitrogens is 3. The van der Waals surface area contributed by atoms with Gasteiger partial charge in [0.1, 0.15) is 0 Å². The van der Waals surface area contributed by atoms with Crippen LogP contribution in [0.2, 0.25) is 0 Å². The molecule has 2 amide bonds. The maximum absolute atomic E-state index is 11.5. The number of thioether (sulfide) groups is 1. The number of carbonyl (C=O) groups excluding carboxylic acids is 2. The molecular weight excluding hydrogens is 270 g/mol. The third-order valence-corrected chi connectivity index (χ3v) is 3.20. The zero-order chi connectivity index (χ0) is 14.3. The van der Waals surface area contributed by atoms with Crippen LogP contribution in [0.15, 0.2) is 9.95 Å². The van der Waals surface area contributed by atoms with Crippen LogP contribution in [-0.2, 0) is 16.1 Å². The topological polar surface area (TPSA) is 109 Å². The minimum Gasteiger partial charge on any atom is -0.358 e. The molecular formula is C10H17N5O3S. The number of amides is 2. The van der Waals surface area contributed by atoms with Crippen molar-refractivity contribution in [3.8, 4) is 0 Å². The molecule has 0 unspecified atom stereocenters. The Morgan fingerprint density at radius 1 is 1.42 bits per heavy atom. The molecule has 1 aromatic heterocycles. The SMILES string of the molecule is CCCn1c(SCC(=O)NCC(=O)NC)n[nH]c1=O. The van der Waals surface area contributed by atoms with Crippen LogP contribution < -0.4 is 16.3 Å². The Morgan fingerprint density at radius 2 is 2.16 bits per heavy atom. The number of hydrogen-bond donors (Lipinski definition) is 3. The van der Waals surface area contributed by atoms with E-state index in [2.05, 4.69) is 20.8 Å². The predicted octanol–water partition coefficient (Wildman–Crippen LogP) is -1.06. The van der Waals surface area contributed by atoms with Crippen LogP contribution in [0.5, 0.6) is 0 Å². The van der Waals surface area contributed by atoms with Gasteiger partial charge in [0.05, 0.1) is 12.3 Å². The van der Waals surface area contributed by atoms with Crippen molar-refractivity contribution in [3.63, 3.8) is 0 Å². The van der Waals surface area contributed by atoms with Gasteiger partial charge in [-0.05, 0) is 6.42 Å². The number of H-pyrrole nitrogens is 1. The van der Waals surface area contributed by atoms with E-state index in [4.69, 9.17) is 0 Å². The van der Waals surface area contributed by atoms with Gasteiger partial charge in [0.25, 0.3) is 0 Å². The van der Waals surface area contributed by atoms with Crippen LogP contribution in [-0.4, -0.2) is 45.9 Å². The van der Waals surface area contributed by atoms with Crippen molar-refractivity contribution in [2.45, 2.75) is 25.0 Å². The summed E-state index contributed by atoms with van der Waals surface area (Å²) in [5.74, 6) is -0.446. The molecule has 19 heavy (non-hydrogen) atoms. The Labute approximate surface area is 114 Å². The smallest absolute Gasteiger partial charge is 0.343 e. The fraction of sp³-hybridized carbons (Fsp3) is 0.600. The summed E-state index contributed by atoms with van der Waals surface area (Å²) < 4.78 is 1.48. The molecule has 0 aromatic carbocycles. The largest absolute Gasteiger partial charge is 0.358 e. The van der Waals surface area contributed by atoms with Gasteiger partial charge < -0.3 is 10.6 Å². The lowest BCUT2D eigenvalue weighted by molar-refractivity contribution is -0.124. The van der Waals surface area contributed by atoms with Crippen molar-refractivity contribution in [2.75, 3.05) is 19.3 Å². The highest BCUT2D eigenvalue weighted by Crippen LogP contribution is 2.12. The van der Waals surface area contributed by atoms with Crippen LogP contribution in [0, 0.1) is 0 Å². The number of aromatic amines is 1. The van der Waals surface area contributed by atoms with E-state index in [1.807, 2.05) is 6.92 Å². The highest BCUT2D eigenvalue weighted by Gasteiger charge is 2.11. The van der Waals surface area contributed by atoms with Gasteiger partial charge in [-0.2, -0.15) is 0 Å². The van der Waals surface area contributed by atoms with Crippen LogP contribution in [0.4, 0.5) is 0 Å². The summed E-state index contributed by atoms with van der Waals surface area (Å²) in [5, 5.41) is 11.5. The van der Waals surface area contributed by atoms with Crippen LogP contribution in [0.1, 0.15) is 13.3 Å². The predicted molar refractivity (Wildman–Crippen MR) is 70.9 cm³/mol. The first-order valence-corrected chi connectivity index (χ1v) is 6.82. The molecule has 0 fully saturated rings. The minimum absolute atomic E-state index is 0.0573. The van der Waals surface area contributed by atoms with Crippen molar-refractivity contribution in [1.29, 1.82) is 0 Å². The summed E-state index contributed by atoms with van der Waals surface area (Å²) in [6.45, 7) is 2.44. The van der Waals surface area contributed by atoms with E-state index < -0.39 is 0 Å². The van der Waals surface area contributed by atoms with Crippen molar-refractivity contribution in [2.24, 2.45) is 0 Å². The first-order valence-electron chi connectivity index (χ1n) is 5.83. The highest BCUT2D eigenvalue weighted by molar-refractivity contribution is 7.99. The number of hydrogen-bond acceptors (Lipinski definition) is 5. The Balaban J connectivity index is 2.46. The van der Waals surface area contributed by atoms with E-state index in [9.17, 15) is 14.4 Å². The van der Waals surface area contributed by atoms with E-state index in [0.717, 1.165) is 18.2 Å². The Morgan fingerprint density at radius 3 is 2.79 bits per heavy atom. The Kier molecular flexibility index (Phi) is 6.13. The molecule has 0 bridgehead atoms. The van der Waals surface area contributed by atoms with Gasteiger partial charge in [-0.25, -0.2) is 9.89 Å². The fourth-order valence-corrected chi connectivity index (χ4v) is 2.09. The lowest BCUT2D eigenvalue weighted by atomic mass is 10.5. The second kappa shape index (κ2) is 7.62. The van der Waals surface area contributed by atoms with Gasteiger partial charge in [-0.3, -0.25) is 14.2 Å². The average Bonchev–Trinajstić information content (AvgIpc) is 2.75. The second-order valence-electron chi connectivity index (χ2n) is 3.70. The molecule has 1 rings (SSSR count). The summed E-state index contributed by atoms with van der Waals surface area (Å²) in [5.41, 5.74) is -0.282. The van der Waals surface area contributed by atoms with Crippen LogP contribution >= 0.6 is 11.8 Å². The quantitative estimate of drug-likeness (QED) is 0.554. The summed E-state index contributed by atoms with van der Waals surface area (Å²) in [4.78, 5) is 33.8. The van der Waals surface area contributed by atoms with Gasteiger partial charge >= 0.3 is 5.69 Å². The van der Waals surface area contributed by atoms with Crippen LogP contribution in [0.3, 0.4) is 0 Å². The van der Waals surface area contributed by atoms with Crippen molar-refractivity contribution < 1.29 is 9.59 Å². The summed E-state index contributed by atoms with van der Waals surface area (Å²) >= 11 is 1.15. The maximum atomic E-state index is 11.5. The zero-order valence-electron chi connectivity index (χ0n) is 10.9. The molecule has 8 nitrogen and oxygen atoms in total. The fourth-order valence-electron chi connectivity index (χ4n) is 1.28. The van der Waals surface area contributed by atoms with E-state index in [0.29, 0.717) is 11.7 Å². The molecule has 0 saturated carbocycles. The third kappa shape index (κ3) is 4.78. The van der Waals surface area contributed by atoms with Gasteiger partial charge in [0.15, 0.2) is 5.16 Å². The van der Waals surface area contributed by atoms with E-state index in [1.54, 1.807) is 0 Å². The Bertz CT molecular complexity index is 496. The molecule has 0 spiro atoms. The molecule has 0 aliphatic rings. The first kappa shape index (κ1) is 15.3. The van der Waals surface area contributed by atoms with Crippen molar-refractivity contribution in [3.05, 3.63) is 10.5 Å². The third-order valence-electron chi connectivity index (χ3n) is 2.23. The molecule has 0 atom stereocenters. The second-order valence-corrected chi connectivity index (χ2v) is 4.64. The average molecular weight is 287 g/mol. The molecule has 0 aliphatic heterocycles. The first-order chi connectivity index (χ1) is 9.08. The van der Waals surface area contributed by atoms with Crippen LogP contribution in [0.25, 0.3) is 0 Å². The molecule has 0 aliphatic carbocycles. The van der Waals surface area contributed by atoms with E-state index >= 15 is 0 Å². The molecule has 3 N–H and O–H groups in total. The zero-order valence-corrected chi connectivity index (χ0v) is 11.7. The minimum atomic E-state index is -0.285. The lowest BCUT2D eigenvalue weighted by Gasteiger charge is -2.05. The van der Waals surface area contributed by atoms with E-state index in [-0.39, 0.29) is 29.8 Å². The monoisotopic (exact) mass is 287 g/mol. The standard InChI is InChI=1S/C10H17N5O3S/c1-3-4-15-9(18)13-14-10(15)19-6-8(17)12-5-7(16)11-2/h3-6H2,1-2H3,(H,11,16)(H,12,17)(H,13,18). The molecule has 1 aromatic rings. The van der Waals surface area contributed by atoms with Gasteiger partial charge in [0.2, 0.25) is 11.8 Å². The lowest BCUT2D eigenvalue weighted by Crippen LogP contribution is -2.36. The summed E-state index contributed by atoms with van der Waals surface area (Å²) in [6, 6.07) is 0. The normalized spacial score (nSPS) is 10.2. The molecule has 106 valence electrons. The van der Waals surface area contributed by atoms with Gasteiger partial charge in [0, 0.05) is 13.6 Å². The molecule has 9 heteroatoms. The molecule has 1 heterocycles. The highest BCUT2D eigenvalue weighted by atomic mass is 32.2. The number of rotatable bonds is 7. The van der Waals surface area contributed by atoms with E-state index in [1.165, 1.54) is 11.6 Å². The summed E-state index contributed by atoms with van der Waals surface area (Å²) in [7, 11) is 1.50. The summed E-state index contributed by atoms with van der Waals surface area (Å²) in [6.07, 6.45) is 0.801. The van der Waals surface area contributed by atoms with Crippen molar-refractivity contribution in [1.82, 2.24) is 25.4 Å². The Hall–Kier alpha value is -1.77. The van der Waals surface area contributed by atoms with Gasteiger partial charge in [-0.1, -0.05) is 18.7 Å². The van der Waals surface area contributed by atoms with Gasteiger partial charge in [-0.15, -0.1) is 5.10 Å². The number of nitrogens with one attached hydrogen (secondary N) is 3. The molecule has 0 saturated heterocycles. The number of carbonyl (C=O) groups is 2. The maximum Gasteiger partial charge on any atom is 0.343 e. The van der Waals surface area contributed by atoms with Crippen molar-refractivity contribution >= 4 is 23.6 Å². The molecule has 0 radical (unpaired) electrons.